The predicted octanol–water partition coefficient (Wildman–Crippen LogP) is 5.17. The molecule has 1 aromatic carbocycles. The second-order valence-corrected chi connectivity index (χ2v) is 7.17. The van der Waals surface area contributed by atoms with Crippen molar-refractivity contribution in [2.45, 2.75) is 12.7 Å². The monoisotopic (exact) mass is 396 g/mol. The average Bonchev–Trinajstić information content (AvgIpc) is 2.98. The molecule has 0 saturated heterocycles. The average molecular weight is 396 g/mol. The van der Waals surface area contributed by atoms with E-state index >= 15 is 0 Å². The maximum atomic E-state index is 13.5. The predicted molar refractivity (Wildman–Crippen MR) is 97.4 cm³/mol. The second kappa shape index (κ2) is 7.61. The van der Waals surface area contributed by atoms with Crippen molar-refractivity contribution >= 4 is 22.2 Å². The van der Waals surface area contributed by atoms with Gasteiger partial charge in [-0.3, -0.25) is 4.98 Å². The van der Waals surface area contributed by atoms with Gasteiger partial charge in [-0.1, -0.05) is 11.3 Å². The molecule has 0 spiro atoms. The SMILES string of the molecule is CN(C)Cc1sc(Nc2ccc(F)c(C(F)(F)F)c2)nc1-c1cccnc1. The van der Waals surface area contributed by atoms with Gasteiger partial charge in [0.05, 0.1) is 11.3 Å². The minimum atomic E-state index is -4.76. The molecule has 0 unspecified atom stereocenters. The first-order chi connectivity index (χ1) is 12.7. The number of hydrogen-bond acceptors (Lipinski definition) is 5. The van der Waals surface area contributed by atoms with Gasteiger partial charge >= 0.3 is 6.18 Å². The Labute approximate surface area is 157 Å². The van der Waals surface area contributed by atoms with Crippen molar-refractivity contribution in [1.29, 1.82) is 0 Å². The first-order valence-electron chi connectivity index (χ1n) is 7.92. The summed E-state index contributed by atoms with van der Waals surface area (Å²) in [6.07, 6.45) is -1.43. The third-order valence-electron chi connectivity index (χ3n) is 3.62. The fourth-order valence-electron chi connectivity index (χ4n) is 2.47. The molecule has 0 bridgehead atoms. The van der Waals surface area contributed by atoms with Crippen LogP contribution in [-0.4, -0.2) is 29.0 Å². The van der Waals surface area contributed by atoms with Crippen molar-refractivity contribution in [2.75, 3.05) is 19.4 Å². The molecule has 0 aliphatic rings. The van der Waals surface area contributed by atoms with Gasteiger partial charge in [-0.25, -0.2) is 9.37 Å². The Kier molecular flexibility index (Phi) is 5.43. The van der Waals surface area contributed by atoms with Crippen LogP contribution >= 0.6 is 11.3 Å². The van der Waals surface area contributed by atoms with E-state index in [-0.39, 0.29) is 5.69 Å². The van der Waals surface area contributed by atoms with E-state index in [1.807, 2.05) is 25.1 Å². The number of thiazole rings is 1. The van der Waals surface area contributed by atoms with Crippen LogP contribution in [0.1, 0.15) is 10.4 Å². The lowest BCUT2D eigenvalue weighted by molar-refractivity contribution is -0.139. The third kappa shape index (κ3) is 4.61. The highest BCUT2D eigenvalue weighted by atomic mass is 32.1. The summed E-state index contributed by atoms with van der Waals surface area (Å²) in [5.74, 6) is -1.31. The summed E-state index contributed by atoms with van der Waals surface area (Å²) < 4.78 is 52.2. The van der Waals surface area contributed by atoms with Gasteiger partial charge in [-0.2, -0.15) is 13.2 Å². The molecule has 142 valence electrons. The van der Waals surface area contributed by atoms with E-state index in [2.05, 4.69) is 15.3 Å². The first kappa shape index (κ1) is 19.2. The number of anilines is 2. The van der Waals surface area contributed by atoms with E-state index < -0.39 is 17.6 Å². The van der Waals surface area contributed by atoms with Gasteiger partial charge in [0, 0.05) is 35.1 Å². The molecular weight excluding hydrogens is 380 g/mol. The van der Waals surface area contributed by atoms with Crippen LogP contribution in [0.2, 0.25) is 0 Å². The standard InChI is InChI=1S/C18H16F4N4S/c1-26(2)10-15-16(11-4-3-7-23-9-11)25-17(27-15)24-12-5-6-14(19)13(8-12)18(20,21)22/h3-9H,10H2,1-2H3,(H,24,25). The van der Waals surface area contributed by atoms with Crippen molar-refractivity contribution < 1.29 is 17.6 Å². The van der Waals surface area contributed by atoms with E-state index in [0.717, 1.165) is 22.6 Å². The number of benzene rings is 1. The van der Waals surface area contributed by atoms with E-state index in [1.54, 1.807) is 18.5 Å². The fourth-order valence-corrected chi connectivity index (χ4v) is 3.59. The molecule has 27 heavy (non-hydrogen) atoms. The minimum absolute atomic E-state index is 0.117. The van der Waals surface area contributed by atoms with E-state index in [4.69, 9.17) is 0 Å². The number of alkyl halides is 3. The van der Waals surface area contributed by atoms with Gasteiger partial charge in [-0.05, 0) is 44.4 Å². The quantitative estimate of drug-likeness (QED) is 0.604. The Balaban J connectivity index is 1.95. The van der Waals surface area contributed by atoms with Gasteiger partial charge < -0.3 is 10.2 Å². The molecule has 0 saturated carbocycles. The summed E-state index contributed by atoms with van der Waals surface area (Å²) in [4.78, 5) is 11.5. The maximum Gasteiger partial charge on any atom is 0.419 e. The van der Waals surface area contributed by atoms with Crippen LogP contribution in [0.3, 0.4) is 0 Å². The number of pyridine rings is 1. The van der Waals surface area contributed by atoms with Gasteiger partial charge in [-0.15, -0.1) is 0 Å². The lowest BCUT2D eigenvalue weighted by atomic mass is 10.2. The summed E-state index contributed by atoms with van der Waals surface area (Å²) in [6, 6.07) is 6.44. The molecule has 4 nitrogen and oxygen atoms in total. The van der Waals surface area contributed by atoms with Crippen molar-refractivity contribution in [1.82, 2.24) is 14.9 Å². The van der Waals surface area contributed by atoms with Crippen LogP contribution in [0.5, 0.6) is 0 Å². The summed E-state index contributed by atoms with van der Waals surface area (Å²) in [6.45, 7) is 0.612. The molecule has 0 amide bonds. The molecule has 2 heterocycles. The molecule has 0 atom stereocenters. The summed E-state index contributed by atoms with van der Waals surface area (Å²) in [5.41, 5.74) is 0.327. The topological polar surface area (TPSA) is 41.0 Å². The number of nitrogens with one attached hydrogen (secondary N) is 1. The number of nitrogens with zero attached hydrogens (tertiary/aromatic N) is 3. The van der Waals surface area contributed by atoms with Crippen LogP contribution in [0.15, 0.2) is 42.7 Å². The molecule has 3 aromatic rings. The number of halogens is 4. The second-order valence-electron chi connectivity index (χ2n) is 6.09. The van der Waals surface area contributed by atoms with Gasteiger partial charge in [0.1, 0.15) is 5.82 Å². The van der Waals surface area contributed by atoms with Crippen molar-refractivity contribution in [3.05, 3.63) is 59.0 Å². The summed E-state index contributed by atoms with van der Waals surface area (Å²) in [5, 5.41) is 3.27. The minimum Gasteiger partial charge on any atom is -0.332 e. The van der Waals surface area contributed by atoms with Crippen molar-refractivity contribution in [3.8, 4) is 11.3 Å². The Bertz CT molecular complexity index is 923. The molecule has 9 heteroatoms. The third-order valence-corrected chi connectivity index (χ3v) is 4.57. The van der Waals surface area contributed by atoms with Crippen LogP contribution in [0, 0.1) is 5.82 Å². The molecule has 3 rings (SSSR count). The molecule has 0 fully saturated rings. The van der Waals surface area contributed by atoms with E-state index in [9.17, 15) is 17.6 Å². The fraction of sp³-hybridized carbons (Fsp3) is 0.222. The molecular formula is C18H16F4N4S. The number of rotatable bonds is 5. The van der Waals surface area contributed by atoms with Crippen molar-refractivity contribution in [2.24, 2.45) is 0 Å². The summed E-state index contributed by atoms with van der Waals surface area (Å²) in [7, 11) is 3.82. The van der Waals surface area contributed by atoms with E-state index in [0.29, 0.717) is 17.4 Å². The van der Waals surface area contributed by atoms with Gasteiger partial charge in [0.2, 0.25) is 0 Å². The zero-order chi connectivity index (χ0) is 19.6. The highest BCUT2D eigenvalue weighted by Crippen LogP contribution is 2.36. The Morgan fingerprint density at radius 2 is 1.96 bits per heavy atom. The van der Waals surface area contributed by atoms with Gasteiger partial charge in [0.25, 0.3) is 0 Å². The smallest absolute Gasteiger partial charge is 0.332 e. The lowest BCUT2D eigenvalue weighted by Crippen LogP contribution is -2.10. The zero-order valence-electron chi connectivity index (χ0n) is 14.5. The highest BCUT2D eigenvalue weighted by molar-refractivity contribution is 7.16. The van der Waals surface area contributed by atoms with Crippen LogP contribution < -0.4 is 5.32 Å². The normalized spacial score (nSPS) is 11.8. The Hall–Kier alpha value is -2.52. The molecule has 0 radical (unpaired) electrons. The first-order valence-corrected chi connectivity index (χ1v) is 8.74. The van der Waals surface area contributed by atoms with Gasteiger partial charge in [0.15, 0.2) is 5.13 Å². The van der Waals surface area contributed by atoms with Crippen LogP contribution in [0.4, 0.5) is 28.4 Å². The van der Waals surface area contributed by atoms with E-state index in [1.165, 1.54) is 17.4 Å². The largest absolute Gasteiger partial charge is 0.419 e. The molecule has 0 aliphatic carbocycles. The molecule has 1 N–H and O–H groups in total. The number of hydrogen-bond donors (Lipinski definition) is 1. The maximum absolute atomic E-state index is 13.5. The van der Waals surface area contributed by atoms with Crippen molar-refractivity contribution in [3.63, 3.8) is 0 Å². The zero-order valence-corrected chi connectivity index (χ0v) is 15.3. The summed E-state index contributed by atoms with van der Waals surface area (Å²) >= 11 is 1.33. The Morgan fingerprint density at radius 3 is 2.59 bits per heavy atom. The Morgan fingerprint density at radius 1 is 1.19 bits per heavy atom. The molecule has 2 aromatic heterocycles. The highest BCUT2D eigenvalue weighted by Gasteiger charge is 2.34. The number of aromatic nitrogens is 2. The molecule has 0 aliphatic heterocycles. The lowest BCUT2D eigenvalue weighted by Gasteiger charge is -2.10. The van der Waals surface area contributed by atoms with Crippen LogP contribution in [0.25, 0.3) is 11.3 Å². The van der Waals surface area contributed by atoms with Crippen LogP contribution in [-0.2, 0) is 12.7 Å².